The van der Waals surface area contributed by atoms with E-state index in [4.69, 9.17) is 9.15 Å². The van der Waals surface area contributed by atoms with Crippen molar-refractivity contribution in [2.24, 2.45) is 0 Å². The fourth-order valence-electron chi connectivity index (χ4n) is 2.22. The number of morpholine rings is 1. The number of carbonyl (C=O) groups is 1. The minimum Gasteiger partial charge on any atom is -0.472 e. The minimum atomic E-state index is -0.0412. The van der Waals surface area contributed by atoms with Crippen molar-refractivity contribution >= 4 is 6.03 Å². The lowest BCUT2D eigenvalue weighted by atomic mass is 10.2. The van der Waals surface area contributed by atoms with Gasteiger partial charge in [-0.25, -0.2) is 4.79 Å². The maximum absolute atomic E-state index is 11.9. The summed E-state index contributed by atoms with van der Waals surface area (Å²) >= 11 is 0. The van der Waals surface area contributed by atoms with Crippen LogP contribution in [0, 0.1) is 0 Å². The molecule has 0 saturated carbocycles. The average molecular weight is 290 g/mol. The van der Waals surface area contributed by atoms with Gasteiger partial charge in [0.15, 0.2) is 0 Å². The van der Waals surface area contributed by atoms with E-state index in [-0.39, 0.29) is 6.03 Å². The second-order valence-corrected chi connectivity index (χ2v) is 4.84. The monoisotopic (exact) mass is 290 g/mol. The molecular weight excluding hydrogens is 272 g/mol. The number of amides is 2. The molecule has 1 fully saturated rings. The molecule has 1 N–H and O–H groups in total. The minimum absolute atomic E-state index is 0.0412. The first-order valence-corrected chi connectivity index (χ1v) is 6.98. The molecule has 0 spiro atoms. The Bertz CT molecular complexity index is 573. The molecule has 1 aliphatic rings. The van der Waals surface area contributed by atoms with Gasteiger partial charge in [-0.1, -0.05) is 0 Å². The van der Waals surface area contributed by atoms with E-state index in [1.165, 1.54) is 0 Å². The lowest BCUT2D eigenvalue weighted by Crippen LogP contribution is -2.46. The van der Waals surface area contributed by atoms with Crippen LogP contribution in [-0.2, 0) is 11.3 Å². The average Bonchev–Trinajstić information content (AvgIpc) is 3.19. The molecule has 0 bridgehead atoms. The first-order chi connectivity index (χ1) is 10.3. The van der Waals surface area contributed by atoms with Crippen molar-refractivity contribution in [2.45, 2.75) is 6.54 Å². The van der Waals surface area contributed by atoms with Crippen LogP contribution in [0.4, 0.5) is 4.79 Å². The van der Waals surface area contributed by atoms with Gasteiger partial charge in [-0.2, -0.15) is 5.10 Å². The first kappa shape index (κ1) is 13.7. The molecule has 1 saturated heterocycles. The zero-order chi connectivity index (χ0) is 14.5. The number of urea groups is 1. The summed E-state index contributed by atoms with van der Waals surface area (Å²) in [5.74, 6) is 0. The first-order valence-electron chi connectivity index (χ1n) is 6.98. The molecule has 2 aromatic heterocycles. The summed E-state index contributed by atoms with van der Waals surface area (Å²) in [6.07, 6.45) is 7.04. The summed E-state index contributed by atoms with van der Waals surface area (Å²) in [6, 6.07) is 1.85. The van der Waals surface area contributed by atoms with Crippen molar-refractivity contribution in [3.8, 4) is 11.1 Å². The molecule has 7 nitrogen and oxygen atoms in total. The molecule has 1 aliphatic heterocycles. The molecule has 3 heterocycles. The zero-order valence-electron chi connectivity index (χ0n) is 11.7. The van der Waals surface area contributed by atoms with E-state index in [1.54, 1.807) is 23.6 Å². The van der Waals surface area contributed by atoms with Crippen LogP contribution in [-0.4, -0.2) is 53.6 Å². The highest BCUT2D eigenvalue weighted by atomic mass is 16.5. The number of nitrogens with zero attached hydrogens (tertiary/aromatic N) is 3. The van der Waals surface area contributed by atoms with Gasteiger partial charge < -0.3 is 19.4 Å². The fraction of sp³-hybridized carbons (Fsp3) is 0.429. The third kappa shape index (κ3) is 3.43. The van der Waals surface area contributed by atoms with Crippen LogP contribution in [0.3, 0.4) is 0 Å². The van der Waals surface area contributed by atoms with E-state index in [2.05, 4.69) is 10.4 Å². The molecule has 0 aliphatic carbocycles. The van der Waals surface area contributed by atoms with Crippen molar-refractivity contribution in [3.63, 3.8) is 0 Å². The summed E-state index contributed by atoms with van der Waals surface area (Å²) < 4.78 is 12.1. The Morgan fingerprint density at radius 2 is 2.19 bits per heavy atom. The van der Waals surface area contributed by atoms with Crippen LogP contribution in [0.25, 0.3) is 11.1 Å². The maximum atomic E-state index is 11.9. The molecular formula is C14H18N4O3. The van der Waals surface area contributed by atoms with E-state index in [1.807, 2.05) is 16.9 Å². The summed E-state index contributed by atoms with van der Waals surface area (Å²) in [7, 11) is 0. The van der Waals surface area contributed by atoms with Gasteiger partial charge in [0.1, 0.15) is 0 Å². The smallest absolute Gasteiger partial charge is 0.317 e. The van der Waals surface area contributed by atoms with Crippen molar-refractivity contribution < 1.29 is 13.9 Å². The van der Waals surface area contributed by atoms with Crippen molar-refractivity contribution in [1.82, 2.24) is 20.0 Å². The van der Waals surface area contributed by atoms with Crippen LogP contribution in [0.1, 0.15) is 0 Å². The number of hydrogen-bond acceptors (Lipinski definition) is 4. The highest BCUT2D eigenvalue weighted by molar-refractivity contribution is 5.74. The fourth-order valence-corrected chi connectivity index (χ4v) is 2.22. The van der Waals surface area contributed by atoms with Crippen LogP contribution in [0.15, 0.2) is 35.4 Å². The standard InChI is InChI=1S/C14H18N4O3/c19-14(17-4-7-20-8-5-17)15-2-3-18-10-13(9-16-18)12-1-6-21-11-12/h1,6,9-11H,2-5,7-8H2,(H,15,19). The molecule has 0 aromatic carbocycles. The van der Waals surface area contributed by atoms with E-state index in [0.29, 0.717) is 39.4 Å². The van der Waals surface area contributed by atoms with Gasteiger partial charge in [-0.3, -0.25) is 4.68 Å². The molecule has 7 heteroatoms. The number of nitrogens with one attached hydrogen (secondary N) is 1. The predicted molar refractivity (Wildman–Crippen MR) is 75.7 cm³/mol. The van der Waals surface area contributed by atoms with E-state index in [9.17, 15) is 4.79 Å². The van der Waals surface area contributed by atoms with Gasteiger partial charge in [0, 0.05) is 37.0 Å². The lowest BCUT2D eigenvalue weighted by molar-refractivity contribution is 0.0532. The Balaban J connectivity index is 1.46. The highest BCUT2D eigenvalue weighted by Gasteiger charge is 2.15. The molecule has 0 atom stereocenters. The molecule has 2 amide bonds. The number of hydrogen-bond donors (Lipinski definition) is 1. The van der Waals surface area contributed by atoms with Crippen molar-refractivity contribution in [3.05, 3.63) is 31.0 Å². The SMILES string of the molecule is O=C(NCCn1cc(-c2ccoc2)cn1)N1CCOCC1. The second kappa shape index (κ2) is 6.45. The van der Waals surface area contributed by atoms with E-state index in [0.717, 1.165) is 11.1 Å². The Hall–Kier alpha value is -2.28. The number of furan rings is 1. The van der Waals surface area contributed by atoms with Crippen LogP contribution >= 0.6 is 0 Å². The second-order valence-electron chi connectivity index (χ2n) is 4.84. The molecule has 112 valence electrons. The molecule has 0 unspecified atom stereocenters. The quantitative estimate of drug-likeness (QED) is 0.918. The number of rotatable bonds is 4. The zero-order valence-corrected chi connectivity index (χ0v) is 11.7. The highest BCUT2D eigenvalue weighted by Crippen LogP contribution is 2.18. The number of ether oxygens (including phenoxy) is 1. The number of aromatic nitrogens is 2. The van der Waals surface area contributed by atoms with Gasteiger partial charge in [0.25, 0.3) is 0 Å². The van der Waals surface area contributed by atoms with Crippen LogP contribution < -0.4 is 5.32 Å². The molecule has 2 aromatic rings. The Morgan fingerprint density at radius 1 is 1.33 bits per heavy atom. The Morgan fingerprint density at radius 3 is 2.95 bits per heavy atom. The largest absolute Gasteiger partial charge is 0.472 e. The lowest BCUT2D eigenvalue weighted by Gasteiger charge is -2.26. The molecule has 21 heavy (non-hydrogen) atoms. The van der Waals surface area contributed by atoms with Crippen molar-refractivity contribution in [1.29, 1.82) is 0 Å². The Kier molecular flexibility index (Phi) is 4.20. The predicted octanol–water partition coefficient (Wildman–Crippen LogP) is 1.18. The molecule has 3 rings (SSSR count). The number of carbonyl (C=O) groups excluding carboxylic acids is 1. The van der Waals surface area contributed by atoms with E-state index >= 15 is 0 Å². The summed E-state index contributed by atoms with van der Waals surface area (Å²) in [4.78, 5) is 13.7. The van der Waals surface area contributed by atoms with Gasteiger partial charge in [0.05, 0.1) is 38.5 Å². The van der Waals surface area contributed by atoms with Crippen molar-refractivity contribution in [2.75, 3.05) is 32.8 Å². The van der Waals surface area contributed by atoms with Crippen LogP contribution in [0.2, 0.25) is 0 Å². The van der Waals surface area contributed by atoms with E-state index < -0.39 is 0 Å². The normalized spacial score (nSPS) is 15.1. The maximum Gasteiger partial charge on any atom is 0.317 e. The third-order valence-electron chi connectivity index (χ3n) is 3.40. The van der Waals surface area contributed by atoms with Gasteiger partial charge in [0.2, 0.25) is 0 Å². The van der Waals surface area contributed by atoms with Gasteiger partial charge in [-0.15, -0.1) is 0 Å². The summed E-state index contributed by atoms with van der Waals surface area (Å²) in [5.41, 5.74) is 2.00. The summed E-state index contributed by atoms with van der Waals surface area (Å²) in [5, 5.41) is 7.17. The van der Waals surface area contributed by atoms with Crippen LogP contribution in [0.5, 0.6) is 0 Å². The van der Waals surface area contributed by atoms with Gasteiger partial charge in [-0.05, 0) is 6.07 Å². The topological polar surface area (TPSA) is 72.5 Å². The molecule has 0 radical (unpaired) electrons. The third-order valence-corrected chi connectivity index (χ3v) is 3.40. The summed E-state index contributed by atoms with van der Waals surface area (Å²) in [6.45, 7) is 3.70. The van der Waals surface area contributed by atoms with Gasteiger partial charge >= 0.3 is 6.03 Å². The Labute approximate surface area is 122 Å².